The van der Waals surface area contributed by atoms with Gasteiger partial charge in [-0.05, 0) is 13.0 Å². The van der Waals surface area contributed by atoms with Gasteiger partial charge in [-0.15, -0.1) is 0 Å². The molecule has 1 heterocycles. The number of rotatable bonds is 3. The van der Waals surface area contributed by atoms with Gasteiger partial charge >= 0.3 is 6.03 Å². The van der Waals surface area contributed by atoms with Gasteiger partial charge in [0.2, 0.25) is 5.91 Å². The highest BCUT2D eigenvalue weighted by Gasteiger charge is 2.09. The first-order valence-electron chi connectivity index (χ1n) is 5.52. The second-order valence-corrected chi connectivity index (χ2v) is 4.76. The predicted octanol–water partition coefficient (Wildman–Crippen LogP) is 1.23. The summed E-state index contributed by atoms with van der Waals surface area (Å²) < 4.78 is 0. The van der Waals surface area contributed by atoms with E-state index in [2.05, 4.69) is 9.97 Å². The van der Waals surface area contributed by atoms with Gasteiger partial charge in [-0.2, -0.15) is 0 Å². The quantitative estimate of drug-likeness (QED) is 0.649. The number of fused-ring (bicyclic) bond motifs is 1. The molecule has 19 heavy (non-hydrogen) atoms. The molecule has 0 aliphatic heterocycles. The molecule has 0 atom stereocenters. The number of urea groups is 1. The standard InChI is InChI=1S/C12H12N4O2S/c1-7-14-9-5-3-2-4-8(9)11(15-7)19-6-10(17)16-12(13)18/h2-5H,6H2,1H3,(H3,13,16,17,18). The third kappa shape index (κ3) is 3.41. The number of amides is 3. The fraction of sp³-hybridized carbons (Fsp3) is 0.167. The van der Waals surface area contributed by atoms with Crippen molar-refractivity contribution >= 4 is 34.6 Å². The van der Waals surface area contributed by atoms with Crippen LogP contribution in [0.4, 0.5) is 4.79 Å². The Morgan fingerprint density at radius 1 is 1.32 bits per heavy atom. The maximum Gasteiger partial charge on any atom is 0.318 e. The first-order chi connectivity index (χ1) is 9.06. The number of primary amides is 1. The van der Waals surface area contributed by atoms with Crippen LogP contribution in [0.1, 0.15) is 5.82 Å². The van der Waals surface area contributed by atoms with Gasteiger partial charge in [0, 0.05) is 5.39 Å². The molecule has 0 saturated carbocycles. The lowest BCUT2D eigenvalue weighted by atomic mass is 10.2. The number of nitrogens with two attached hydrogens (primary N) is 1. The van der Waals surface area contributed by atoms with Crippen molar-refractivity contribution in [2.45, 2.75) is 11.9 Å². The lowest BCUT2D eigenvalue weighted by molar-refractivity contribution is -0.117. The zero-order valence-corrected chi connectivity index (χ0v) is 11.0. The van der Waals surface area contributed by atoms with Crippen LogP contribution in [-0.2, 0) is 4.79 Å². The van der Waals surface area contributed by atoms with Gasteiger partial charge in [0.1, 0.15) is 10.9 Å². The summed E-state index contributed by atoms with van der Waals surface area (Å²) in [5.41, 5.74) is 5.70. The predicted molar refractivity (Wildman–Crippen MR) is 72.7 cm³/mol. The van der Waals surface area contributed by atoms with Gasteiger partial charge < -0.3 is 5.73 Å². The first kappa shape index (κ1) is 13.3. The van der Waals surface area contributed by atoms with Crippen LogP contribution in [0.3, 0.4) is 0 Å². The summed E-state index contributed by atoms with van der Waals surface area (Å²) >= 11 is 1.24. The Balaban J connectivity index is 2.20. The molecule has 6 nitrogen and oxygen atoms in total. The minimum Gasteiger partial charge on any atom is -0.351 e. The molecular formula is C12H12N4O2S. The average Bonchev–Trinajstić information content (AvgIpc) is 2.35. The van der Waals surface area contributed by atoms with E-state index in [4.69, 9.17) is 5.73 Å². The van der Waals surface area contributed by atoms with Crippen LogP contribution < -0.4 is 11.1 Å². The summed E-state index contributed by atoms with van der Waals surface area (Å²) in [6, 6.07) is 6.70. The van der Waals surface area contributed by atoms with E-state index >= 15 is 0 Å². The van der Waals surface area contributed by atoms with Crippen molar-refractivity contribution in [1.82, 2.24) is 15.3 Å². The number of imide groups is 1. The number of benzene rings is 1. The SMILES string of the molecule is Cc1nc(SCC(=O)NC(N)=O)c2ccccc2n1. The van der Waals surface area contributed by atoms with Crippen molar-refractivity contribution in [3.05, 3.63) is 30.1 Å². The molecule has 1 aromatic heterocycles. The van der Waals surface area contributed by atoms with Crippen molar-refractivity contribution < 1.29 is 9.59 Å². The molecule has 0 unspecified atom stereocenters. The van der Waals surface area contributed by atoms with Crippen LogP contribution in [0.2, 0.25) is 0 Å². The van der Waals surface area contributed by atoms with Crippen LogP contribution in [-0.4, -0.2) is 27.7 Å². The maximum atomic E-state index is 11.4. The second kappa shape index (κ2) is 5.66. The Bertz CT molecular complexity index is 645. The highest BCUT2D eigenvalue weighted by Crippen LogP contribution is 2.24. The van der Waals surface area contributed by atoms with E-state index in [0.717, 1.165) is 10.9 Å². The highest BCUT2D eigenvalue weighted by atomic mass is 32.2. The molecule has 3 N–H and O–H groups in total. The summed E-state index contributed by atoms with van der Waals surface area (Å²) in [4.78, 5) is 30.5. The monoisotopic (exact) mass is 276 g/mol. The Morgan fingerprint density at radius 3 is 2.79 bits per heavy atom. The molecule has 1 aromatic carbocycles. The fourth-order valence-corrected chi connectivity index (χ4v) is 2.44. The van der Waals surface area contributed by atoms with Crippen molar-refractivity contribution in [3.63, 3.8) is 0 Å². The van der Waals surface area contributed by atoms with Crippen molar-refractivity contribution in [2.24, 2.45) is 5.73 Å². The van der Waals surface area contributed by atoms with E-state index in [9.17, 15) is 9.59 Å². The third-order valence-corrected chi connectivity index (χ3v) is 3.27. The molecule has 0 spiro atoms. The number of nitrogens with one attached hydrogen (secondary N) is 1. The average molecular weight is 276 g/mol. The highest BCUT2D eigenvalue weighted by molar-refractivity contribution is 8.00. The number of nitrogens with zero attached hydrogens (tertiary/aromatic N) is 2. The molecule has 0 aliphatic carbocycles. The Hall–Kier alpha value is -2.15. The van der Waals surface area contributed by atoms with Gasteiger partial charge in [-0.1, -0.05) is 30.0 Å². The maximum absolute atomic E-state index is 11.4. The fourth-order valence-electron chi connectivity index (χ4n) is 1.58. The number of carbonyl (C=O) groups is 2. The van der Waals surface area contributed by atoms with Gasteiger partial charge in [-0.3, -0.25) is 10.1 Å². The molecule has 98 valence electrons. The molecule has 3 amide bonds. The Labute approximate surface area is 113 Å². The number of para-hydroxylation sites is 1. The van der Waals surface area contributed by atoms with Gasteiger partial charge in [0.05, 0.1) is 11.3 Å². The van der Waals surface area contributed by atoms with Crippen molar-refractivity contribution in [3.8, 4) is 0 Å². The molecule has 2 rings (SSSR count). The smallest absolute Gasteiger partial charge is 0.318 e. The largest absolute Gasteiger partial charge is 0.351 e. The number of aryl methyl sites for hydroxylation is 1. The lowest BCUT2D eigenvalue weighted by Crippen LogP contribution is -2.36. The van der Waals surface area contributed by atoms with Crippen LogP contribution in [0.15, 0.2) is 29.3 Å². The van der Waals surface area contributed by atoms with E-state index < -0.39 is 11.9 Å². The minimum atomic E-state index is -0.852. The molecular weight excluding hydrogens is 264 g/mol. The molecule has 0 bridgehead atoms. The van der Waals surface area contributed by atoms with Crippen LogP contribution >= 0.6 is 11.8 Å². The Kier molecular flexibility index (Phi) is 3.96. The molecule has 0 saturated heterocycles. The number of carbonyl (C=O) groups excluding carboxylic acids is 2. The molecule has 7 heteroatoms. The van der Waals surface area contributed by atoms with E-state index in [1.54, 1.807) is 6.92 Å². The van der Waals surface area contributed by atoms with Crippen molar-refractivity contribution in [2.75, 3.05) is 5.75 Å². The summed E-state index contributed by atoms with van der Waals surface area (Å²) in [6.07, 6.45) is 0. The van der Waals surface area contributed by atoms with Crippen LogP contribution in [0.25, 0.3) is 10.9 Å². The molecule has 2 aromatic rings. The third-order valence-electron chi connectivity index (χ3n) is 2.28. The van der Waals surface area contributed by atoms with E-state index in [1.807, 2.05) is 29.6 Å². The number of hydrogen-bond acceptors (Lipinski definition) is 5. The van der Waals surface area contributed by atoms with Gasteiger partial charge in [-0.25, -0.2) is 14.8 Å². The number of hydrogen-bond donors (Lipinski definition) is 2. The normalized spacial score (nSPS) is 10.4. The minimum absolute atomic E-state index is 0.0728. The van der Waals surface area contributed by atoms with Crippen LogP contribution in [0.5, 0.6) is 0 Å². The topological polar surface area (TPSA) is 98.0 Å². The van der Waals surface area contributed by atoms with Crippen molar-refractivity contribution in [1.29, 1.82) is 0 Å². The first-order valence-corrected chi connectivity index (χ1v) is 6.50. The summed E-state index contributed by atoms with van der Waals surface area (Å²) in [5, 5.41) is 3.60. The van der Waals surface area contributed by atoms with E-state index in [0.29, 0.717) is 10.9 Å². The number of aromatic nitrogens is 2. The number of thioether (sulfide) groups is 1. The van der Waals surface area contributed by atoms with E-state index in [1.165, 1.54) is 11.8 Å². The van der Waals surface area contributed by atoms with E-state index in [-0.39, 0.29) is 5.75 Å². The summed E-state index contributed by atoms with van der Waals surface area (Å²) in [6.45, 7) is 1.79. The van der Waals surface area contributed by atoms with Crippen LogP contribution in [0, 0.1) is 6.92 Å². The molecule has 0 radical (unpaired) electrons. The zero-order valence-electron chi connectivity index (χ0n) is 10.2. The van der Waals surface area contributed by atoms with Gasteiger partial charge in [0.15, 0.2) is 0 Å². The zero-order chi connectivity index (χ0) is 13.8. The lowest BCUT2D eigenvalue weighted by Gasteiger charge is -2.06. The Morgan fingerprint density at radius 2 is 2.05 bits per heavy atom. The molecule has 0 aliphatic rings. The molecule has 0 fully saturated rings. The second-order valence-electron chi connectivity index (χ2n) is 3.79. The summed E-state index contributed by atoms with van der Waals surface area (Å²) in [5.74, 6) is 0.262. The van der Waals surface area contributed by atoms with Gasteiger partial charge in [0.25, 0.3) is 0 Å². The summed E-state index contributed by atoms with van der Waals surface area (Å²) in [7, 11) is 0.